The van der Waals surface area contributed by atoms with Gasteiger partial charge in [-0.15, -0.1) is 0 Å². The van der Waals surface area contributed by atoms with Crippen LogP contribution in [0.4, 0.5) is 0 Å². The van der Waals surface area contributed by atoms with Gasteiger partial charge in [-0.2, -0.15) is 0 Å². The third-order valence-corrected chi connectivity index (χ3v) is 14.7. The summed E-state index contributed by atoms with van der Waals surface area (Å²) in [6.07, 6.45) is 2.27. The average Bonchev–Trinajstić information content (AvgIpc) is 3.20. The molecule has 0 spiro atoms. The van der Waals surface area contributed by atoms with E-state index in [0.717, 1.165) is 0 Å². The highest BCUT2D eigenvalue weighted by Gasteiger charge is 2.32. The zero-order chi connectivity index (χ0) is 24.6. The Hall–Kier alpha value is -2.91. The Balaban J connectivity index is 1.96. The minimum atomic E-state index is -1.55. The Kier molecular flexibility index (Phi) is 5.02. The molecule has 6 aromatic rings. The van der Waals surface area contributed by atoms with Crippen LogP contribution in [0.2, 0.25) is 18.1 Å². The molecule has 0 aliphatic heterocycles. The van der Waals surface area contributed by atoms with Crippen molar-refractivity contribution in [1.82, 2.24) is 4.40 Å². The molecule has 178 valence electrons. The van der Waals surface area contributed by atoms with Crippen LogP contribution >= 0.6 is 0 Å². The molecule has 0 aliphatic rings. The number of nitrogens with zero attached hydrogens (tertiary/aromatic N) is 2. The Morgan fingerprint density at radius 1 is 0.829 bits per heavy atom. The predicted octanol–water partition coefficient (Wildman–Crippen LogP) is 7.96. The van der Waals surface area contributed by atoms with Crippen LogP contribution in [0.3, 0.4) is 0 Å². The van der Waals surface area contributed by atoms with Crippen LogP contribution in [0, 0.1) is 6.92 Å². The summed E-state index contributed by atoms with van der Waals surface area (Å²) in [5.74, 6) is 0.506. The second kappa shape index (κ2) is 7.79. The van der Waals surface area contributed by atoms with Gasteiger partial charge < -0.3 is 4.40 Å². The van der Waals surface area contributed by atoms with Gasteiger partial charge in [0.15, 0.2) is 6.20 Å². The quantitative estimate of drug-likeness (QED) is 0.103. The van der Waals surface area contributed by atoms with E-state index in [9.17, 15) is 0 Å². The lowest BCUT2D eigenvalue weighted by molar-refractivity contribution is -0.643. The van der Waals surface area contributed by atoms with Gasteiger partial charge in [-0.05, 0) is 41.5 Å². The summed E-state index contributed by atoms with van der Waals surface area (Å²) in [4.78, 5) is 0. The number of fused-ring (bicyclic) bond motifs is 5. The first-order valence-electron chi connectivity index (χ1n) is 13.4. The monoisotopic (exact) mass is 477 g/mol. The zero-order valence-corrected chi connectivity index (χ0v) is 23.3. The van der Waals surface area contributed by atoms with Crippen LogP contribution in [0.25, 0.3) is 49.0 Å². The maximum Gasteiger partial charge on any atom is 0.224 e. The highest BCUT2D eigenvalue weighted by atomic mass is 28.3. The first-order valence-corrected chi connectivity index (χ1v) is 16.0. The van der Waals surface area contributed by atoms with E-state index < -0.39 is 8.07 Å². The van der Waals surface area contributed by atoms with E-state index in [1.54, 1.807) is 5.19 Å². The Morgan fingerprint density at radius 3 is 2.23 bits per heavy atom. The molecular formula is C32H37N2Si+. The lowest BCUT2D eigenvalue weighted by Crippen LogP contribution is -2.45. The molecule has 0 atom stereocenters. The summed E-state index contributed by atoms with van der Waals surface area (Å²) in [6, 6.07) is 23.2. The molecule has 35 heavy (non-hydrogen) atoms. The summed E-state index contributed by atoms with van der Waals surface area (Å²) < 4.78 is 4.97. The standard InChI is InChI=1S/C32H37N2Si/c1-8-35(9-2,10-3)24-17-23-15-16-33(7)32-29-21(6)11-13-26-25-14-12-22(20(4)5)18-27(25)34(31(26)29)28(19-24)30(23)32/h11-20H,8-10H2,1-7H3/q+1. The number of pyridine rings is 2. The minimum absolute atomic E-state index is 0.506. The smallest absolute Gasteiger partial charge is 0.224 e. The number of aromatic nitrogens is 2. The van der Waals surface area contributed by atoms with E-state index in [2.05, 4.69) is 112 Å². The van der Waals surface area contributed by atoms with Crippen LogP contribution in [0.5, 0.6) is 0 Å². The van der Waals surface area contributed by atoms with Gasteiger partial charge in [0.2, 0.25) is 5.52 Å². The van der Waals surface area contributed by atoms with E-state index in [4.69, 9.17) is 0 Å². The molecule has 0 aliphatic carbocycles. The van der Waals surface area contributed by atoms with Crippen molar-refractivity contribution in [2.45, 2.75) is 65.6 Å². The molecule has 0 bridgehead atoms. The first kappa shape index (κ1) is 22.5. The Morgan fingerprint density at radius 2 is 1.54 bits per heavy atom. The van der Waals surface area contributed by atoms with Gasteiger partial charge in [0.05, 0.1) is 35.4 Å². The van der Waals surface area contributed by atoms with Crippen LogP contribution in [0.15, 0.2) is 54.7 Å². The Labute approximate surface area is 209 Å². The van der Waals surface area contributed by atoms with E-state index in [1.807, 2.05) is 0 Å². The Bertz CT molecular complexity index is 1740. The van der Waals surface area contributed by atoms with Gasteiger partial charge in [-0.1, -0.05) is 88.3 Å². The molecule has 3 heteroatoms. The highest BCUT2D eigenvalue weighted by molar-refractivity contribution is 6.92. The lowest BCUT2D eigenvalue weighted by atomic mass is 9.99. The van der Waals surface area contributed by atoms with Gasteiger partial charge >= 0.3 is 0 Å². The normalized spacial score (nSPS) is 13.0. The second-order valence-electron chi connectivity index (χ2n) is 11.0. The molecule has 0 fully saturated rings. The highest BCUT2D eigenvalue weighted by Crippen LogP contribution is 2.41. The van der Waals surface area contributed by atoms with E-state index in [-0.39, 0.29) is 0 Å². The number of rotatable bonds is 5. The van der Waals surface area contributed by atoms with E-state index in [0.29, 0.717) is 5.92 Å². The zero-order valence-electron chi connectivity index (χ0n) is 22.3. The van der Waals surface area contributed by atoms with Crippen molar-refractivity contribution in [2.24, 2.45) is 7.05 Å². The van der Waals surface area contributed by atoms with Crippen molar-refractivity contribution in [3.8, 4) is 0 Å². The molecule has 3 heterocycles. The van der Waals surface area contributed by atoms with Crippen molar-refractivity contribution >= 4 is 62.3 Å². The van der Waals surface area contributed by atoms with Crippen LogP contribution < -0.4 is 9.75 Å². The molecule has 0 N–H and O–H groups in total. The maximum atomic E-state index is 2.62. The maximum absolute atomic E-state index is 2.62. The lowest BCUT2D eigenvalue weighted by Gasteiger charge is -2.29. The molecule has 0 radical (unpaired) electrons. The topological polar surface area (TPSA) is 8.29 Å². The van der Waals surface area contributed by atoms with Crippen LogP contribution in [0.1, 0.15) is 51.7 Å². The van der Waals surface area contributed by atoms with Crippen molar-refractivity contribution in [3.05, 3.63) is 65.9 Å². The molecule has 0 saturated carbocycles. The van der Waals surface area contributed by atoms with Gasteiger partial charge in [-0.3, -0.25) is 0 Å². The fourth-order valence-electron chi connectivity index (χ4n) is 6.76. The van der Waals surface area contributed by atoms with Gasteiger partial charge in [0, 0.05) is 16.8 Å². The average molecular weight is 478 g/mol. The third-order valence-electron chi connectivity index (χ3n) is 9.17. The second-order valence-corrected chi connectivity index (χ2v) is 16.3. The fourth-order valence-corrected chi connectivity index (χ4v) is 10.4. The van der Waals surface area contributed by atoms with E-state index >= 15 is 0 Å². The molecule has 0 saturated heterocycles. The van der Waals surface area contributed by atoms with Gasteiger partial charge in [0.1, 0.15) is 7.05 Å². The molecular weight excluding hydrogens is 440 g/mol. The minimum Gasteiger partial charge on any atom is -0.307 e. The summed E-state index contributed by atoms with van der Waals surface area (Å²) in [6.45, 7) is 14.1. The largest absolute Gasteiger partial charge is 0.307 e. The summed E-state index contributed by atoms with van der Waals surface area (Å²) >= 11 is 0. The summed E-state index contributed by atoms with van der Waals surface area (Å²) in [7, 11) is 0.664. The van der Waals surface area contributed by atoms with Crippen LogP contribution in [-0.4, -0.2) is 12.5 Å². The van der Waals surface area contributed by atoms with Gasteiger partial charge in [-0.25, -0.2) is 4.57 Å². The number of aryl methyl sites for hydroxylation is 2. The fraction of sp³-hybridized carbons (Fsp3) is 0.344. The van der Waals surface area contributed by atoms with Crippen molar-refractivity contribution in [2.75, 3.05) is 0 Å². The van der Waals surface area contributed by atoms with E-state index in [1.165, 1.54) is 78.3 Å². The number of hydrogen-bond donors (Lipinski definition) is 0. The first-order chi connectivity index (χ1) is 16.8. The van der Waals surface area contributed by atoms with Gasteiger partial charge in [0.25, 0.3) is 0 Å². The molecule has 0 unspecified atom stereocenters. The number of benzene rings is 3. The van der Waals surface area contributed by atoms with Crippen molar-refractivity contribution < 1.29 is 4.57 Å². The predicted molar refractivity (Wildman–Crippen MR) is 155 cm³/mol. The van der Waals surface area contributed by atoms with Crippen molar-refractivity contribution in [1.29, 1.82) is 0 Å². The van der Waals surface area contributed by atoms with Crippen LogP contribution in [-0.2, 0) is 7.05 Å². The molecule has 3 aromatic carbocycles. The number of hydrogen-bond acceptors (Lipinski definition) is 0. The molecule has 0 amide bonds. The molecule has 6 rings (SSSR count). The SMILES string of the molecule is CC[Si](CC)(CC)c1cc2cc[n+](C)c3c4c(C)ccc5c6ccc(C(C)C)cc6n(c(c1)c23)c54. The summed E-state index contributed by atoms with van der Waals surface area (Å²) in [5, 5.41) is 8.54. The molecule has 2 nitrogen and oxygen atoms in total. The molecule has 3 aromatic heterocycles. The summed E-state index contributed by atoms with van der Waals surface area (Å²) in [5.41, 5.74) is 8.24. The van der Waals surface area contributed by atoms with Crippen molar-refractivity contribution in [3.63, 3.8) is 0 Å². The third kappa shape index (κ3) is 2.91.